The van der Waals surface area contributed by atoms with E-state index in [-0.39, 0.29) is 0 Å². The van der Waals surface area contributed by atoms with Gasteiger partial charge in [-0.2, -0.15) is 0 Å². The van der Waals surface area contributed by atoms with E-state index >= 15 is 0 Å². The summed E-state index contributed by atoms with van der Waals surface area (Å²) in [5.41, 5.74) is 2.71. The minimum Gasteiger partial charge on any atom is -0.494 e. The first-order valence-corrected chi connectivity index (χ1v) is 8.53. The van der Waals surface area contributed by atoms with Crippen LogP contribution in [-0.4, -0.2) is 37.2 Å². The second-order valence-electron chi connectivity index (χ2n) is 6.37. The molecule has 2 aliphatic heterocycles. The third kappa shape index (κ3) is 3.91. The summed E-state index contributed by atoms with van der Waals surface area (Å²) >= 11 is 0. The summed E-state index contributed by atoms with van der Waals surface area (Å²) in [6, 6.07) is 0. The summed E-state index contributed by atoms with van der Waals surface area (Å²) in [7, 11) is 0. The van der Waals surface area contributed by atoms with Crippen molar-refractivity contribution in [1.82, 2.24) is 10.2 Å². The van der Waals surface area contributed by atoms with E-state index in [0.29, 0.717) is 6.10 Å². The van der Waals surface area contributed by atoms with Gasteiger partial charge in [0.15, 0.2) is 0 Å². The summed E-state index contributed by atoms with van der Waals surface area (Å²) < 4.78 is 6.29. The third-order valence-corrected chi connectivity index (χ3v) is 4.74. The first-order chi connectivity index (χ1) is 10.3. The zero-order valence-electron chi connectivity index (χ0n) is 13.2. The molecular weight excluding hydrogens is 260 g/mol. The number of nitrogens with zero attached hydrogens (tertiary/aromatic N) is 1. The van der Waals surface area contributed by atoms with Crippen LogP contribution in [0, 0.1) is 0 Å². The van der Waals surface area contributed by atoms with Gasteiger partial charge in [-0.05, 0) is 63.8 Å². The summed E-state index contributed by atoms with van der Waals surface area (Å²) in [6.07, 6.45) is 14.4. The Kier molecular flexibility index (Phi) is 5.02. The number of ether oxygens (including phenoxy) is 1. The lowest BCUT2D eigenvalue weighted by Gasteiger charge is -2.27. The van der Waals surface area contributed by atoms with E-state index in [2.05, 4.69) is 35.4 Å². The molecule has 0 aromatic carbocycles. The van der Waals surface area contributed by atoms with Gasteiger partial charge in [-0.25, -0.2) is 0 Å². The monoisotopic (exact) mass is 288 g/mol. The smallest absolute Gasteiger partial charge is 0.101 e. The molecule has 1 N–H and O–H groups in total. The Bertz CT molecular complexity index is 438. The lowest BCUT2D eigenvalue weighted by molar-refractivity contribution is 0.0811. The Morgan fingerprint density at radius 1 is 1.14 bits per heavy atom. The largest absolute Gasteiger partial charge is 0.494 e. The van der Waals surface area contributed by atoms with Crippen molar-refractivity contribution in [2.24, 2.45) is 0 Å². The van der Waals surface area contributed by atoms with E-state index in [1.807, 2.05) is 0 Å². The minimum atomic E-state index is 0.408. The van der Waals surface area contributed by atoms with Crippen LogP contribution in [0.1, 0.15) is 45.4 Å². The van der Waals surface area contributed by atoms with Crippen molar-refractivity contribution in [1.29, 1.82) is 0 Å². The number of piperidine rings is 1. The van der Waals surface area contributed by atoms with Crippen molar-refractivity contribution >= 4 is 0 Å². The van der Waals surface area contributed by atoms with Crippen LogP contribution >= 0.6 is 0 Å². The van der Waals surface area contributed by atoms with Gasteiger partial charge in [0.25, 0.3) is 0 Å². The topological polar surface area (TPSA) is 24.5 Å². The summed E-state index contributed by atoms with van der Waals surface area (Å²) in [5, 5.41) is 3.40. The molecule has 2 fully saturated rings. The molecule has 0 aromatic heterocycles. The highest BCUT2D eigenvalue weighted by atomic mass is 16.5. The first-order valence-electron chi connectivity index (χ1n) is 8.53. The molecule has 0 radical (unpaired) electrons. The van der Waals surface area contributed by atoms with Gasteiger partial charge in [0.2, 0.25) is 0 Å². The molecule has 2 saturated heterocycles. The molecule has 0 bridgehead atoms. The molecular formula is C18H28N2O. The van der Waals surface area contributed by atoms with Gasteiger partial charge in [-0.3, -0.25) is 0 Å². The normalized spacial score (nSPS) is 29.8. The Hall–Kier alpha value is -1.22. The van der Waals surface area contributed by atoms with Gasteiger partial charge in [-0.15, -0.1) is 0 Å². The van der Waals surface area contributed by atoms with E-state index in [1.54, 1.807) is 0 Å². The predicted molar refractivity (Wildman–Crippen MR) is 86.9 cm³/mol. The van der Waals surface area contributed by atoms with Gasteiger partial charge in [0, 0.05) is 25.2 Å². The molecule has 0 aromatic rings. The first kappa shape index (κ1) is 14.7. The summed E-state index contributed by atoms with van der Waals surface area (Å²) in [4.78, 5) is 2.52. The molecule has 3 heteroatoms. The molecule has 3 aliphatic rings. The van der Waals surface area contributed by atoms with Crippen LogP contribution in [0.25, 0.3) is 0 Å². The molecule has 0 saturated carbocycles. The van der Waals surface area contributed by atoms with Crippen LogP contribution in [0.5, 0.6) is 0 Å². The zero-order valence-corrected chi connectivity index (χ0v) is 13.2. The average Bonchev–Trinajstić information content (AvgIpc) is 3.02. The van der Waals surface area contributed by atoms with E-state index in [9.17, 15) is 0 Å². The lowest BCUT2D eigenvalue weighted by Crippen LogP contribution is -2.32. The SMILES string of the molecule is CC1=C(\OC2CCNCC2)CCC=C(N2CCCC2)/C=C\1. The Morgan fingerprint density at radius 3 is 2.67 bits per heavy atom. The van der Waals surface area contributed by atoms with Crippen LogP contribution < -0.4 is 5.32 Å². The van der Waals surface area contributed by atoms with Crippen LogP contribution in [0.4, 0.5) is 0 Å². The molecule has 0 amide bonds. The fourth-order valence-corrected chi connectivity index (χ4v) is 3.40. The molecule has 3 nitrogen and oxygen atoms in total. The summed E-state index contributed by atoms with van der Waals surface area (Å²) in [5.74, 6) is 1.20. The van der Waals surface area contributed by atoms with Gasteiger partial charge in [0.05, 0.1) is 5.76 Å². The van der Waals surface area contributed by atoms with Gasteiger partial charge >= 0.3 is 0 Å². The minimum absolute atomic E-state index is 0.408. The number of hydrogen-bond acceptors (Lipinski definition) is 3. The molecule has 116 valence electrons. The number of likely N-dealkylation sites (tertiary alicyclic amines) is 1. The molecule has 21 heavy (non-hydrogen) atoms. The van der Waals surface area contributed by atoms with Crippen molar-refractivity contribution in [3.8, 4) is 0 Å². The second-order valence-corrected chi connectivity index (χ2v) is 6.37. The molecule has 0 spiro atoms. The second kappa shape index (κ2) is 7.17. The quantitative estimate of drug-likeness (QED) is 0.862. The zero-order chi connectivity index (χ0) is 14.5. The maximum absolute atomic E-state index is 6.29. The fourth-order valence-electron chi connectivity index (χ4n) is 3.40. The highest BCUT2D eigenvalue weighted by molar-refractivity contribution is 5.30. The van der Waals surface area contributed by atoms with Crippen molar-refractivity contribution in [3.63, 3.8) is 0 Å². The molecule has 1 aliphatic carbocycles. The van der Waals surface area contributed by atoms with Gasteiger partial charge in [0.1, 0.15) is 6.10 Å². The Morgan fingerprint density at radius 2 is 1.90 bits per heavy atom. The van der Waals surface area contributed by atoms with Crippen molar-refractivity contribution in [3.05, 3.63) is 35.3 Å². The highest BCUT2D eigenvalue weighted by Gasteiger charge is 2.18. The van der Waals surface area contributed by atoms with E-state index in [0.717, 1.165) is 38.8 Å². The molecule has 0 atom stereocenters. The Balaban J connectivity index is 1.64. The lowest BCUT2D eigenvalue weighted by atomic mass is 10.1. The van der Waals surface area contributed by atoms with E-state index < -0.39 is 0 Å². The number of nitrogens with one attached hydrogen (secondary N) is 1. The summed E-state index contributed by atoms with van der Waals surface area (Å²) in [6.45, 7) is 6.81. The molecule has 3 rings (SSSR count). The maximum Gasteiger partial charge on any atom is 0.101 e. The van der Waals surface area contributed by atoms with Gasteiger partial charge < -0.3 is 15.0 Å². The Labute approximate surface area is 128 Å². The number of rotatable bonds is 3. The van der Waals surface area contributed by atoms with Crippen molar-refractivity contribution < 1.29 is 4.74 Å². The van der Waals surface area contributed by atoms with Crippen LogP contribution in [-0.2, 0) is 4.74 Å². The highest BCUT2D eigenvalue weighted by Crippen LogP contribution is 2.25. The standard InChI is InChI=1S/C18H28N2O/c1-15-7-8-16(20-13-2-3-14-20)5-4-6-18(15)21-17-9-11-19-12-10-17/h5,7-8,17,19H,2-4,6,9-14H2,1H3/b8-7-,16-5?,18-15+. The third-order valence-electron chi connectivity index (χ3n) is 4.74. The maximum atomic E-state index is 6.29. The average molecular weight is 288 g/mol. The van der Waals surface area contributed by atoms with E-state index in [4.69, 9.17) is 4.74 Å². The molecule has 0 unspecified atom stereocenters. The predicted octanol–water partition coefficient (Wildman–Crippen LogP) is 3.36. The molecule has 2 heterocycles. The van der Waals surface area contributed by atoms with Crippen LogP contribution in [0.15, 0.2) is 35.3 Å². The van der Waals surface area contributed by atoms with E-state index in [1.165, 1.54) is 43.0 Å². The van der Waals surface area contributed by atoms with Crippen LogP contribution in [0.2, 0.25) is 0 Å². The van der Waals surface area contributed by atoms with Crippen molar-refractivity contribution in [2.75, 3.05) is 26.2 Å². The van der Waals surface area contributed by atoms with Crippen molar-refractivity contribution in [2.45, 2.75) is 51.6 Å². The number of allylic oxidation sites excluding steroid dienone is 5. The fraction of sp³-hybridized carbons (Fsp3) is 0.667. The number of hydrogen-bond donors (Lipinski definition) is 1. The van der Waals surface area contributed by atoms with Gasteiger partial charge in [-0.1, -0.05) is 12.2 Å². The van der Waals surface area contributed by atoms with Crippen LogP contribution in [0.3, 0.4) is 0 Å².